The van der Waals surface area contributed by atoms with Gasteiger partial charge in [-0.15, -0.1) is 0 Å². The van der Waals surface area contributed by atoms with Crippen molar-refractivity contribution >= 4 is 0 Å². The molecule has 88 valence electrons. The van der Waals surface area contributed by atoms with Gasteiger partial charge in [0.05, 0.1) is 12.1 Å². The van der Waals surface area contributed by atoms with E-state index in [1.54, 1.807) is 7.11 Å². The van der Waals surface area contributed by atoms with E-state index >= 15 is 0 Å². The fourth-order valence-corrected chi connectivity index (χ4v) is 2.32. The van der Waals surface area contributed by atoms with Crippen LogP contribution in [0.15, 0.2) is 24.3 Å². The van der Waals surface area contributed by atoms with Gasteiger partial charge in [0.25, 0.3) is 0 Å². The van der Waals surface area contributed by atoms with Gasteiger partial charge in [-0.05, 0) is 36.8 Å². The lowest BCUT2D eigenvalue weighted by Crippen LogP contribution is -2.39. The third-order valence-corrected chi connectivity index (χ3v) is 3.39. The minimum atomic E-state index is 0.0960. The molecule has 0 spiro atoms. The number of aryl methyl sites for hydroxylation is 1. The molecule has 1 aliphatic rings. The number of nitrogens with one attached hydrogen (secondary N) is 1. The molecule has 2 rings (SSSR count). The van der Waals surface area contributed by atoms with Crippen LogP contribution < -0.4 is 11.3 Å². The maximum Gasteiger partial charge on any atom is 0.0807 e. The zero-order valence-electron chi connectivity index (χ0n) is 9.94. The van der Waals surface area contributed by atoms with Crippen molar-refractivity contribution in [3.05, 3.63) is 35.4 Å². The molecule has 3 N–H and O–H groups in total. The van der Waals surface area contributed by atoms with E-state index in [9.17, 15) is 0 Å². The van der Waals surface area contributed by atoms with E-state index in [2.05, 4.69) is 24.5 Å². The van der Waals surface area contributed by atoms with Crippen molar-refractivity contribution in [3.63, 3.8) is 0 Å². The first-order chi connectivity index (χ1) is 7.77. The number of hydrogen-bond acceptors (Lipinski definition) is 3. The molecule has 16 heavy (non-hydrogen) atoms. The Bertz CT molecular complexity index is 350. The number of hydrazine groups is 1. The summed E-state index contributed by atoms with van der Waals surface area (Å²) in [5, 5.41) is 0. The van der Waals surface area contributed by atoms with Gasteiger partial charge in [0.15, 0.2) is 0 Å². The quantitative estimate of drug-likeness (QED) is 0.589. The maximum absolute atomic E-state index is 5.69. The summed E-state index contributed by atoms with van der Waals surface area (Å²) in [4.78, 5) is 0. The summed E-state index contributed by atoms with van der Waals surface area (Å²) in [5.41, 5.74) is 5.40. The molecular formula is C13H20N2O. The van der Waals surface area contributed by atoms with E-state index in [0.29, 0.717) is 5.92 Å². The van der Waals surface area contributed by atoms with Gasteiger partial charge in [-0.3, -0.25) is 11.3 Å². The van der Waals surface area contributed by atoms with Crippen LogP contribution in [-0.4, -0.2) is 13.2 Å². The average molecular weight is 220 g/mol. The molecule has 1 fully saturated rings. The molecular weight excluding hydrogens is 200 g/mol. The van der Waals surface area contributed by atoms with Crippen LogP contribution in [0.25, 0.3) is 0 Å². The van der Waals surface area contributed by atoms with Gasteiger partial charge in [-0.25, -0.2) is 0 Å². The summed E-state index contributed by atoms with van der Waals surface area (Å²) < 4.78 is 5.59. The second-order valence-corrected chi connectivity index (χ2v) is 4.54. The lowest BCUT2D eigenvalue weighted by atomic mass is 9.95. The molecule has 2 unspecified atom stereocenters. The molecule has 0 heterocycles. The van der Waals surface area contributed by atoms with Gasteiger partial charge < -0.3 is 4.74 Å². The zero-order chi connectivity index (χ0) is 11.5. The summed E-state index contributed by atoms with van der Waals surface area (Å²) >= 11 is 0. The van der Waals surface area contributed by atoms with Crippen LogP contribution in [0.1, 0.15) is 30.0 Å². The Balaban J connectivity index is 2.23. The van der Waals surface area contributed by atoms with Crippen LogP contribution in [0.5, 0.6) is 0 Å². The standard InChI is InChI=1S/C13H20N2O/c1-9-5-3-4-6-11(9)12(15-14)13(16-2)10-7-8-10/h3-6,10,12-13,15H,7-8,14H2,1-2H3. The molecule has 3 heteroatoms. The topological polar surface area (TPSA) is 47.3 Å². The van der Waals surface area contributed by atoms with Crippen molar-refractivity contribution < 1.29 is 4.74 Å². The van der Waals surface area contributed by atoms with Crippen LogP contribution in [0.2, 0.25) is 0 Å². The molecule has 0 aromatic heterocycles. The van der Waals surface area contributed by atoms with Crippen molar-refractivity contribution in [1.82, 2.24) is 5.43 Å². The van der Waals surface area contributed by atoms with Crippen molar-refractivity contribution in [1.29, 1.82) is 0 Å². The second kappa shape index (κ2) is 4.95. The highest BCUT2D eigenvalue weighted by molar-refractivity contribution is 5.30. The van der Waals surface area contributed by atoms with Crippen molar-refractivity contribution in [2.75, 3.05) is 7.11 Å². The predicted molar refractivity (Wildman–Crippen MR) is 64.8 cm³/mol. The molecule has 0 amide bonds. The Morgan fingerprint density at radius 3 is 2.56 bits per heavy atom. The van der Waals surface area contributed by atoms with E-state index in [-0.39, 0.29) is 12.1 Å². The molecule has 3 nitrogen and oxygen atoms in total. The lowest BCUT2D eigenvalue weighted by molar-refractivity contribution is 0.0505. The van der Waals surface area contributed by atoms with Crippen LogP contribution in [0.4, 0.5) is 0 Å². The molecule has 1 saturated carbocycles. The monoisotopic (exact) mass is 220 g/mol. The maximum atomic E-state index is 5.69. The fourth-order valence-electron chi connectivity index (χ4n) is 2.32. The highest BCUT2D eigenvalue weighted by Gasteiger charge is 2.37. The Morgan fingerprint density at radius 1 is 1.38 bits per heavy atom. The van der Waals surface area contributed by atoms with Crippen LogP contribution in [0, 0.1) is 12.8 Å². The number of nitrogens with two attached hydrogens (primary N) is 1. The van der Waals surface area contributed by atoms with Crippen molar-refractivity contribution in [2.24, 2.45) is 11.8 Å². The summed E-state index contributed by atoms with van der Waals surface area (Å²) in [6.45, 7) is 2.11. The molecule has 0 bridgehead atoms. The number of methoxy groups -OCH3 is 1. The van der Waals surface area contributed by atoms with Crippen LogP contribution in [0.3, 0.4) is 0 Å². The molecule has 2 atom stereocenters. The first-order valence-corrected chi connectivity index (χ1v) is 5.82. The number of hydrogen-bond donors (Lipinski definition) is 2. The van der Waals surface area contributed by atoms with Crippen molar-refractivity contribution in [2.45, 2.75) is 31.9 Å². The summed E-state index contributed by atoms with van der Waals surface area (Å²) in [7, 11) is 1.77. The van der Waals surface area contributed by atoms with Crippen molar-refractivity contribution in [3.8, 4) is 0 Å². The Labute approximate surface area is 97.0 Å². The van der Waals surface area contributed by atoms with Gasteiger partial charge in [0, 0.05) is 7.11 Å². The van der Waals surface area contributed by atoms with Crippen LogP contribution in [-0.2, 0) is 4.74 Å². The largest absolute Gasteiger partial charge is 0.379 e. The number of rotatable bonds is 5. The molecule has 0 saturated heterocycles. The average Bonchev–Trinajstić information content (AvgIpc) is 3.11. The highest BCUT2D eigenvalue weighted by atomic mass is 16.5. The van der Waals surface area contributed by atoms with E-state index in [4.69, 9.17) is 10.6 Å². The molecule has 1 aliphatic carbocycles. The summed E-state index contributed by atoms with van der Waals surface area (Å²) in [6.07, 6.45) is 2.69. The Hall–Kier alpha value is -0.900. The summed E-state index contributed by atoms with van der Waals surface area (Å²) in [5.74, 6) is 6.34. The van der Waals surface area contributed by atoms with E-state index in [1.165, 1.54) is 24.0 Å². The second-order valence-electron chi connectivity index (χ2n) is 4.54. The Kier molecular flexibility index (Phi) is 3.59. The highest BCUT2D eigenvalue weighted by Crippen LogP contribution is 2.39. The molecule has 0 radical (unpaired) electrons. The Morgan fingerprint density at radius 2 is 2.06 bits per heavy atom. The molecule has 1 aromatic carbocycles. The third-order valence-electron chi connectivity index (χ3n) is 3.39. The third kappa shape index (κ3) is 2.26. The van der Waals surface area contributed by atoms with Gasteiger partial charge >= 0.3 is 0 Å². The first-order valence-electron chi connectivity index (χ1n) is 5.82. The van der Waals surface area contributed by atoms with Gasteiger partial charge in [0.2, 0.25) is 0 Å². The van der Waals surface area contributed by atoms with Gasteiger partial charge in [-0.2, -0.15) is 0 Å². The smallest absolute Gasteiger partial charge is 0.0807 e. The lowest BCUT2D eigenvalue weighted by Gasteiger charge is -2.27. The molecule has 1 aromatic rings. The minimum Gasteiger partial charge on any atom is -0.379 e. The van der Waals surface area contributed by atoms with E-state index in [1.807, 2.05) is 12.1 Å². The molecule has 0 aliphatic heterocycles. The van der Waals surface area contributed by atoms with Gasteiger partial charge in [-0.1, -0.05) is 24.3 Å². The van der Waals surface area contributed by atoms with E-state index in [0.717, 1.165) is 0 Å². The summed E-state index contributed by atoms with van der Waals surface area (Å²) in [6, 6.07) is 8.42. The predicted octanol–water partition coefficient (Wildman–Crippen LogP) is 1.92. The zero-order valence-corrected chi connectivity index (χ0v) is 9.94. The van der Waals surface area contributed by atoms with Gasteiger partial charge in [0.1, 0.15) is 0 Å². The SMILES string of the molecule is COC(C1CC1)C(NN)c1ccccc1C. The number of benzene rings is 1. The first kappa shape index (κ1) is 11.6. The van der Waals surface area contributed by atoms with E-state index < -0.39 is 0 Å². The minimum absolute atomic E-state index is 0.0960. The fraction of sp³-hybridized carbons (Fsp3) is 0.538. The number of ether oxygens (including phenoxy) is 1. The van der Waals surface area contributed by atoms with Crippen LogP contribution >= 0.6 is 0 Å². The normalized spacial score (nSPS) is 19.4.